The highest BCUT2D eigenvalue weighted by Gasteiger charge is 2.12. The topological polar surface area (TPSA) is 43.4 Å². The zero-order valence-electron chi connectivity index (χ0n) is 6.00. The van der Waals surface area contributed by atoms with E-state index in [1.165, 1.54) is 6.07 Å². The second kappa shape index (κ2) is 4.09. The molecule has 0 aliphatic carbocycles. The van der Waals surface area contributed by atoms with Crippen molar-refractivity contribution in [1.29, 1.82) is 0 Å². The summed E-state index contributed by atoms with van der Waals surface area (Å²) < 4.78 is 37.6. The lowest BCUT2D eigenvalue weighted by atomic mass is 10.3. The van der Waals surface area contributed by atoms with Crippen LogP contribution >= 0.6 is 38.5 Å². The minimum absolute atomic E-state index is 0.0667. The molecule has 0 amide bonds. The van der Waals surface area contributed by atoms with Gasteiger partial charge in [0.05, 0.1) is 4.47 Å². The summed E-state index contributed by atoms with van der Waals surface area (Å²) in [5.41, 5.74) is 0. The summed E-state index contributed by atoms with van der Waals surface area (Å²) in [4.78, 5) is 0. The predicted molar refractivity (Wildman–Crippen MR) is 57.5 cm³/mol. The van der Waals surface area contributed by atoms with Gasteiger partial charge in [0.15, 0.2) is 5.75 Å². The fourth-order valence-corrected chi connectivity index (χ4v) is 2.50. The van der Waals surface area contributed by atoms with Crippen molar-refractivity contribution in [3.05, 3.63) is 26.2 Å². The van der Waals surface area contributed by atoms with E-state index in [2.05, 4.69) is 20.1 Å². The molecule has 0 N–H and O–H groups in total. The van der Waals surface area contributed by atoms with E-state index in [0.29, 0.717) is 4.47 Å². The van der Waals surface area contributed by atoms with Crippen LogP contribution in [0.4, 0.5) is 3.89 Å². The first-order valence-electron chi connectivity index (χ1n) is 2.97. The molecule has 0 saturated heterocycles. The maximum absolute atomic E-state index is 12.1. The van der Waals surface area contributed by atoms with E-state index in [1.54, 1.807) is 12.1 Å². The highest BCUT2D eigenvalue weighted by Crippen LogP contribution is 2.27. The summed E-state index contributed by atoms with van der Waals surface area (Å²) in [5.74, 6) is -0.0667. The Morgan fingerprint density at radius 1 is 1.46 bits per heavy atom. The summed E-state index contributed by atoms with van der Waals surface area (Å²) in [5, 5.41) is 0. The minimum Gasteiger partial charge on any atom is -0.357 e. The lowest BCUT2D eigenvalue weighted by Gasteiger charge is -2.02. The number of halogens is 3. The monoisotopic (exact) mass is 380 g/mol. The van der Waals surface area contributed by atoms with Gasteiger partial charge in [-0.15, -0.1) is 0 Å². The Bertz CT molecular complexity index is 420. The highest BCUT2D eigenvalue weighted by atomic mass is 127. The van der Waals surface area contributed by atoms with Gasteiger partial charge in [0, 0.05) is 3.57 Å². The van der Waals surface area contributed by atoms with E-state index in [4.69, 9.17) is 0 Å². The Balaban J connectivity index is 3.04. The molecule has 7 heteroatoms. The van der Waals surface area contributed by atoms with Crippen LogP contribution in [0.5, 0.6) is 5.75 Å². The molecule has 72 valence electrons. The number of rotatable bonds is 2. The summed E-state index contributed by atoms with van der Waals surface area (Å²) >= 11 is 5.07. The predicted octanol–water partition coefficient (Wildman–Crippen LogP) is 2.65. The molecule has 0 aromatic heterocycles. The van der Waals surface area contributed by atoms with Crippen LogP contribution in [-0.2, 0) is 10.5 Å². The van der Waals surface area contributed by atoms with Crippen molar-refractivity contribution in [3.8, 4) is 5.75 Å². The zero-order chi connectivity index (χ0) is 10.1. The number of hydrogen-bond acceptors (Lipinski definition) is 3. The molecule has 0 unspecified atom stereocenters. The molecule has 0 saturated carbocycles. The Hall–Kier alpha value is 0.110. The van der Waals surface area contributed by atoms with Crippen LogP contribution in [0.2, 0.25) is 0 Å². The Kier molecular flexibility index (Phi) is 3.52. The molecule has 1 rings (SSSR count). The van der Waals surface area contributed by atoms with Crippen molar-refractivity contribution >= 4 is 49.0 Å². The van der Waals surface area contributed by atoms with Gasteiger partial charge in [-0.05, 0) is 56.7 Å². The van der Waals surface area contributed by atoms with E-state index >= 15 is 0 Å². The third-order valence-electron chi connectivity index (χ3n) is 1.08. The van der Waals surface area contributed by atoms with Crippen LogP contribution in [0.15, 0.2) is 22.7 Å². The van der Waals surface area contributed by atoms with Crippen LogP contribution in [-0.4, -0.2) is 8.42 Å². The lowest BCUT2D eigenvalue weighted by Crippen LogP contribution is -2.01. The number of hydrogen-bond donors (Lipinski definition) is 0. The number of benzene rings is 1. The summed E-state index contributed by atoms with van der Waals surface area (Å²) in [7, 11) is -4.94. The second-order valence-electron chi connectivity index (χ2n) is 2.05. The fourth-order valence-electron chi connectivity index (χ4n) is 0.650. The Labute approximate surface area is 97.0 Å². The van der Waals surface area contributed by atoms with Gasteiger partial charge < -0.3 is 4.18 Å². The van der Waals surface area contributed by atoms with Crippen LogP contribution in [0, 0.1) is 3.57 Å². The molecular formula is C6H3BrFIO3S. The average molecular weight is 381 g/mol. The van der Waals surface area contributed by atoms with Crippen LogP contribution in [0.3, 0.4) is 0 Å². The normalized spacial score (nSPS) is 11.3. The smallest absolute Gasteiger partial charge is 0.357 e. The molecule has 0 aliphatic heterocycles. The van der Waals surface area contributed by atoms with Crippen molar-refractivity contribution in [3.63, 3.8) is 0 Å². The largest absolute Gasteiger partial charge is 0.488 e. The molecule has 13 heavy (non-hydrogen) atoms. The van der Waals surface area contributed by atoms with E-state index < -0.39 is 10.5 Å². The van der Waals surface area contributed by atoms with Gasteiger partial charge in [0.25, 0.3) is 0 Å². The first-order valence-corrected chi connectivity index (χ1v) is 6.15. The van der Waals surface area contributed by atoms with Crippen molar-refractivity contribution in [2.45, 2.75) is 0 Å². The average Bonchev–Trinajstić information content (AvgIpc) is 1.93. The third kappa shape index (κ3) is 3.77. The summed E-state index contributed by atoms with van der Waals surface area (Å²) in [6, 6.07) is 4.58. The lowest BCUT2D eigenvalue weighted by molar-refractivity contribution is 0.439. The fraction of sp³-hybridized carbons (Fsp3) is 0. The quantitative estimate of drug-likeness (QED) is 0.585. The van der Waals surface area contributed by atoms with Crippen molar-refractivity contribution in [2.24, 2.45) is 0 Å². The van der Waals surface area contributed by atoms with Crippen molar-refractivity contribution in [2.75, 3.05) is 0 Å². The maximum atomic E-state index is 12.1. The molecule has 0 fully saturated rings. The highest BCUT2D eigenvalue weighted by molar-refractivity contribution is 14.1. The molecule has 3 nitrogen and oxygen atoms in total. The van der Waals surface area contributed by atoms with Crippen LogP contribution in [0.25, 0.3) is 0 Å². The molecule has 0 radical (unpaired) electrons. The van der Waals surface area contributed by atoms with Gasteiger partial charge in [-0.2, -0.15) is 8.42 Å². The molecule has 0 bridgehead atoms. The van der Waals surface area contributed by atoms with E-state index in [9.17, 15) is 12.3 Å². The Morgan fingerprint density at radius 2 is 2.08 bits per heavy atom. The first-order chi connectivity index (χ1) is 5.88. The van der Waals surface area contributed by atoms with Crippen molar-refractivity contribution < 1.29 is 16.5 Å². The molecule has 0 aliphatic rings. The molecule has 1 aromatic rings. The minimum atomic E-state index is -4.94. The molecular weight excluding hydrogens is 378 g/mol. The zero-order valence-corrected chi connectivity index (χ0v) is 10.6. The molecule has 0 atom stereocenters. The third-order valence-corrected chi connectivity index (χ3v) is 2.75. The summed E-state index contributed by atoms with van der Waals surface area (Å²) in [6.45, 7) is 0. The van der Waals surface area contributed by atoms with Gasteiger partial charge in [0.1, 0.15) is 0 Å². The second-order valence-corrected chi connectivity index (χ2v) is 5.10. The summed E-state index contributed by atoms with van der Waals surface area (Å²) in [6.07, 6.45) is 0. The van der Waals surface area contributed by atoms with Crippen molar-refractivity contribution in [1.82, 2.24) is 0 Å². The molecule has 0 spiro atoms. The van der Waals surface area contributed by atoms with Gasteiger partial charge in [-0.3, -0.25) is 0 Å². The van der Waals surface area contributed by atoms with E-state index in [0.717, 1.165) is 3.57 Å². The van der Waals surface area contributed by atoms with E-state index in [-0.39, 0.29) is 5.75 Å². The van der Waals surface area contributed by atoms with Crippen LogP contribution in [0.1, 0.15) is 0 Å². The van der Waals surface area contributed by atoms with E-state index in [1.807, 2.05) is 22.6 Å². The standard InChI is InChI=1S/C6H3BrFIO3S/c7-5-3-4(9)1-2-6(5)12-13(8,10)11/h1-3H. The molecule has 0 heterocycles. The van der Waals surface area contributed by atoms with Crippen LogP contribution < -0.4 is 4.18 Å². The first kappa shape index (κ1) is 11.2. The molecule has 1 aromatic carbocycles. The van der Waals surface area contributed by atoms with Gasteiger partial charge in [0.2, 0.25) is 0 Å². The van der Waals surface area contributed by atoms with Gasteiger partial charge >= 0.3 is 10.5 Å². The Morgan fingerprint density at radius 3 is 2.54 bits per heavy atom. The SMILES string of the molecule is O=S(=O)(F)Oc1ccc(I)cc1Br. The van der Waals surface area contributed by atoms with Gasteiger partial charge in [-0.1, -0.05) is 3.89 Å². The maximum Gasteiger partial charge on any atom is 0.488 e. The van der Waals surface area contributed by atoms with Gasteiger partial charge in [-0.25, -0.2) is 0 Å².